The fourth-order valence-corrected chi connectivity index (χ4v) is 5.93. The number of morpholine rings is 1. The van der Waals surface area contributed by atoms with E-state index in [1.54, 1.807) is 4.90 Å². The first kappa shape index (κ1) is 21.6. The number of aryl methyl sites for hydroxylation is 1. The quantitative estimate of drug-likeness (QED) is 0.435. The highest BCUT2D eigenvalue weighted by atomic mass is 79.9. The molecule has 2 fully saturated rings. The predicted octanol–water partition coefficient (Wildman–Crippen LogP) is 4.91. The summed E-state index contributed by atoms with van der Waals surface area (Å²) >= 11 is 10.5. The van der Waals surface area contributed by atoms with E-state index >= 15 is 0 Å². The Bertz CT molecular complexity index is 1040. The maximum atomic E-state index is 12.6. The van der Waals surface area contributed by atoms with E-state index in [-0.39, 0.29) is 5.91 Å². The second kappa shape index (κ2) is 8.86. The number of carbonyl (C=O) groups excluding carboxylic acids is 1. The Morgan fingerprint density at radius 3 is 2.60 bits per heavy atom. The molecule has 2 aliphatic rings. The van der Waals surface area contributed by atoms with Gasteiger partial charge < -0.3 is 14.2 Å². The fourth-order valence-electron chi connectivity index (χ4n) is 3.94. The SMILES string of the molecule is CCN1C(=O)/C(=C/c2cc(C)n(-c3ccc(N4CCOCC4)c(Br)c3)c2C)SC1=S. The zero-order valence-corrected chi connectivity index (χ0v) is 20.5. The Morgan fingerprint density at radius 2 is 1.97 bits per heavy atom. The molecular formula is C22H24BrN3O2S2. The van der Waals surface area contributed by atoms with E-state index in [9.17, 15) is 4.79 Å². The molecule has 0 saturated carbocycles. The van der Waals surface area contributed by atoms with Crippen LogP contribution in [0.25, 0.3) is 11.8 Å². The zero-order valence-electron chi connectivity index (χ0n) is 17.3. The van der Waals surface area contributed by atoms with Crippen LogP contribution in [0.15, 0.2) is 33.6 Å². The minimum Gasteiger partial charge on any atom is -0.378 e. The number of benzene rings is 1. The van der Waals surface area contributed by atoms with Crippen LogP contribution in [0.4, 0.5) is 5.69 Å². The first-order valence-electron chi connectivity index (χ1n) is 9.97. The molecule has 1 aromatic heterocycles. The summed E-state index contributed by atoms with van der Waals surface area (Å²) < 4.78 is 9.39. The van der Waals surface area contributed by atoms with E-state index in [0.717, 1.165) is 53.4 Å². The highest BCUT2D eigenvalue weighted by Crippen LogP contribution is 2.35. The van der Waals surface area contributed by atoms with Crippen molar-refractivity contribution in [2.24, 2.45) is 0 Å². The van der Waals surface area contributed by atoms with E-state index in [1.807, 2.05) is 13.0 Å². The van der Waals surface area contributed by atoms with Crippen LogP contribution in [0, 0.1) is 13.8 Å². The van der Waals surface area contributed by atoms with Gasteiger partial charge >= 0.3 is 0 Å². The van der Waals surface area contributed by atoms with E-state index in [1.165, 1.54) is 17.4 Å². The molecule has 0 unspecified atom stereocenters. The summed E-state index contributed by atoms with van der Waals surface area (Å²) in [5, 5.41) is 0. The summed E-state index contributed by atoms with van der Waals surface area (Å²) in [6.07, 6.45) is 1.96. The van der Waals surface area contributed by atoms with Crippen molar-refractivity contribution in [3.05, 3.63) is 50.6 Å². The molecule has 1 aromatic carbocycles. The number of thiocarbonyl (C=S) groups is 1. The topological polar surface area (TPSA) is 37.7 Å². The number of hydrogen-bond acceptors (Lipinski definition) is 5. The zero-order chi connectivity index (χ0) is 21.4. The minimum absolute atomic E-state index is 0.00471. The second-order valence-corrected chi connectivity index (χ2v) is 9.85. The number of ether oxygens (including phenoxy) is 1. The Hall–Kier alpha value is -1.61. The number of rotatable bonds is 4. The molecule has 0 bridgehead atoms. The van der Waals surface area contributed by atoms with Gasteiger partial charge in [-0.15, -0.1) is 0 Å². The molecular weight excluding hydrogens is 482 g/mol. The van der Waals surface area contributed by atoms with Crippen molar-refractivity contribution in [3.63, 3.8) is 0 Å². The Kier molecular flexibility index (Phi) is 6.39. The van der Waals surface area contributed by atoms with Crippen LogP contribution in [0.1, 0.15) is 23.9 Å². The molecule has 0 radical (unpaired) electrons. The average molecular weight is 506 g/mol. The molecule has 0 atom stereocenters. The lowest BCUT2D eigenvalue weighted by atomic mass is 10.2. The van der Waals surface area contributed by atoms with Crippen molar-refractivity contribution < 1.29 is 9.53 Å². The van der Waals surface area contributed by atoms with Gasteiger partial charge in [-0.25, -0.2) is 0 Å². The lowest BCUT2D eigenvalue weighted by Crippen LogP contribution is -2.36. The molecule has 4 rings (SSSR count). The molecule has 0 spiro atoms. The molecule has 0 N–H and O–H groups in total. The Morgan fingerprint density at radius 1 is 1.23 bits per heavy atom. The highest BCUT2D eigenvalue weighted by molar-refractivity contribution is 9.10. The Balaban J connectivity index is 1.66. The van der Waals surface area contributed by atoms with Crippen LogP contribution >= 0.6 is 39.9 Å². The third-order valence-corrected chi connectivity index (χ3v) is 7.50. The van der Waals surface area contributed by atoms with E-state index in [2.05, 4.69) is 63.5 Å². The van der Waals surface area contributed by atoms with Gasteiger partial charge in [0.05, 0.1) is 23.8 Å². The molecule has 0 aliphatic carbocycles. The molecule has 158 valence electrons. The van der Waals surface area contributed by atoms with Gasteiger partial charge in [0.25, 0.3) is 5.91 Å². The predicted molar refractivity (Wildman–Crippen MR) is 132 cm³/mol. The van der Waals surface area contributed by atoms with Gasteiger partial charge in [0, 0.05) is 41.2 Å². The standard InChI is InChI=1S/C22H24BrN3O2S2/c1-4-25-21(27)20(30-22(25)29)12-16-11-14(2)26(15(16)3)17-5-6-19(18(23)13-17)24-7-9-28-10-8-24/h5-6,11-13H,4,7-10H2,1-3H3/b20-12-. The first-order chi connectivity index (χ1) is 14.4. The fraction of sp³-hybridized carbons (Fsp3) is 0.364. The van der Waals surface area contributed by atoms with Crippen molar-refractivity contribution in [2.45, 2.75) is 20.8 Å². The largest absolute Gasteiger partial charge is 0.378 e. The van der Waals surface area contributed by atoms with Crippen LogP contribution in [0.2, 0.25) is 0 Å². The van der Waals surface area contributed by atoms with Crippen LogP contribution in [-0.2, 0) is 9.53 Å². The summed E-state index contributed by atoms with van der Waals surface area (Å²) in [6.45, 7) is 10.0. The van der Waals surface area contributed by atoms with Gasteiger partial charge in [-0.2, -0.15) is 0 Å². The van der Waals surface area contributed by atoms with Gasteiger partial charge in [0.2, 0.25) is 0 Å². The van der Waals surface area contributed by atoms with Crippen molar-refractivity contribution in [3.8, 4) is 5.69 Å². The number of aromatic nitrogens is 1. The number of anilines is 1. The maximum Gasteiger partial charge on any atom is 0.266 e. The Labute approximate surface area is 195 Å². The minimum atomic E-state index is -0.00471. The van der Waals surface area contributed by atoms with Gasteiger partial charge in [0.15, 0.2) is 0 Å². The average Bonchev–Trinajstić information content (AvgIpc) is 3.16. The first-order valence-corrected chi connectivity index (χ1v) is 12.0. The lowest BCUT2D eigenvalue weighted by Gasteiger charge is -2.30. The molecule has 5 nitrogen and oxygen atoms in total. The maximum absolute atomic E-state index is 12.6. The monoisotopic (exact) mass is 505 g/mol. The molecule has 30 heavy (non-hydrogen) atoms. The van der Waals surface area contributed by atoms with Crippen LogP contribution in [0.5, 0.6) is 0 Å². The lowest BCUT2D eigenvalue weighted by molar-refractivity contribution is -0.121. The van der Waals surface area contributed by atoms with Gasteiger partial charge in [-0.3, -0.25) is 9.69 Å². The van der Waals surface area contributed by atoms with E-state index < -0.39 is 0 Å². The van der Waals surface area contributed by atoms with Gasteiger partial charge in [-0.1, -0.05) is 24.0 Å². The number of hydrogen-bond donors (Lipinski definition) is 0. The van der Waals surface area contributed by atoms with Crippen LogP contribution < -0.4 is 4.90 Å². The molecule has 8 heteroatoms. The smallest absolute Gasteiger partial charge is 0.266 e. The second-order valence-electron chi connectivity index (χ2n) is 7.32. The van der Waals surface area contributed by atoms with Crippen molar-refractivity contribution in [1.82, 2.24) is 9.47 Å². The third-order valence-electron chi connectivity index (χ3n) is 5.49. The van der Waals surface area contributed by atoms with Crippen LogP contribution in [0.3, 0.4) is 0 Å². The third kappa shape index (κ3) is 3.98. The summed E-state index contributed by atoms with van der Waals surface area (Å²) in [5.41, 5.74) is 5.54. The van der Waals surface area contributed by atoms with E-state index in [0.29, 0.717) is 15.8 Å². The summed E-state index contributed by atoms with van der Waals surface area (Å²) in [6, 6.07) is 8.59. The number of halogens is 1. The molecule has 3 heterocycles. The molecule has 1 amide bonds. The molecule has 2 aromatic rings. The van der Waals surface area contributed by atoms with Crippen molar-refractivity contribution in [1.29, 1.82) is 0 Å². The number of carbonyl (C=O) groups is 1. The number of likely N-dealkylation sites (N-methyl/N-ethyl adjacent to an activating group) is 1. The normalized spacial score (nSPS) is 18.7. The summed E-state index contributed by atoms with van der Waals surface area (Å²) in [4.78, 5) is 17.3. The van der Waals surface area contributed by atoms with Crippen molar-refractivity contribution in [2.75, 3.05) is 37.7 Å². The molecule has 2 aliphatic heterocycles. The van der Waals surface area contributed by atoms with Gasteiger partial charge in [-0.05, 0) is 72.6 Å². The number of nitrogens with zero attached hydrogens (tertiary/aromatic N) is 3. The van der Waals surface area contributed by atoms with Crippen LogP contribution in [-0.4, -0.2) is 52.5 Å². The highest BCUT2D eigenvalue weighted by Gasteiger charge is 2.31. The number of amides is 1. The summed E-state index contributed by atoms with van der Waals surface area (Å²) in [5.74, 6) is -0.00471. The molecule has 2 saturated heterocycles. The number of thioether (sulfide) groups is 1. The summed E-state index contributed by atoms with van der Waals surface area (Å²) in [7, 11) is 0. The van der Waals surface area contributed by atoms with Gasteiger partial charge in [0.1, 0.15) is 4.32 Å². The van der Waals surface area contributed by atoms with Crippen molar-refractivity contribution >= 4 is 61.9 Å². The van der Waals surface area contributed by atoms with E-state index in [4.69, 9.17) is 17.0 Å².